The molecule has 0 bridgehead atoms. The number of para-hydroxylation sites is 1. The van der Waals surface area contributed by atoms with E-state index in [-0.39, 0.29) is 10.9 Å². The van der Waals surface area contributed by atoms with Gasteiger partial charge in [0.1, 0.15) is 0 Å². The van der Waals surface area contributed by atoms with Crippen molar-refractivity contribution in [1.82, 2.24) is 19.6 Å². The molecule has 150 valence electrons. The van der Waals surface area contributed by atoms with E-state index in [2.05, 4.69) is 44.0 Å². The Morgan fingerprint density at radius 1 is 1.03 bits per heavy atom. The molecule has 0 aliphatic rings. The minimum Gasteiger partial charge on any atom is -0.346 e. The molecule has 1 atom stereocenters. The Labute approximate surface area is 170 Å². The highest BCUT2D eigenvalue weighted by molar-refractivity contribution is 7.89. The molecule has 0 aliphatic carbocycles. The number of aromatic nitrogens is 2. The average Bonchev–Trinajstić information content (AvgIpc) is 3.14. The largest absolute Gasteiger partial charge is 0.346 e. The van der Waals surface area contributed by atoms with Crippen LogP contribution in [0.5, 0.6) is 0 Å². The topological polar surface area (TPSA) is 76.0 Å². The summed E-state index contributed by atoms with van der Waals surface area (Å²) < 4.78 is 30.3. The van der Waals surface area contributed by atoms with Crippen molar-refractivity contribution in [2.24, 2.45) is 0 Å². The van der Waals surface area contributed by atoms with E-state index in [0.717, 1.165) is 23.9 Å². The van der Waals surface area contributed by atoms with Crippen LogP contribution in [0.1, 0.15) is 6.92 Å². The number of rotatable bonds is 8. The summed E-state index contributed by atoms with van der Waals surface area (Å²) in [6, 6.07) is 17.0. The van der Waals surface area contributed by atoms with Gasteiger partial charge in [0.25, 0.3) is 0 Å². The van der Waals surface area contributed by atoms with Crippen molar-refractivity contribution in [1.29, 1.82) is 0 Å². The molecule has 1 unspecified atom stereocenters. The molecule has 2 heterocycles. The summed E-state index contributed by atoms with van der Waals surface area (Å²) in [5.74, 6) is 0. The van der Waals surface area contributed by atoms with Gasteiger partial charge in [0.05, 0.1) is 4.90 Å². The Bertz CT molecular complexity index is 1230. The zero-order valence-electron chi connectivity index (χ0n) is 16.2. The molecule has 4 aromatic rings. The van der Waals surface area contributed by atoms with Gasteiger partial charge in [-0.25, -0.2) is 13.1 Å². The van der Waals surface area contributed by atoms with Crippen LogP contribution in [0, 0.1) is 0 Å². The zero-order chi connectivity index (χ0) is 20.3. The fraction of sp³-hybridized carbons (Fsp3) is 0.227. The van der Waals surface area contributed by atoms with Gasteiger partial charge in [-0.2, -0.15) is 0 Å². The average molecular weight is 409 g/mol. The number of benzene rings is 2. The lowest BCUT2D eigenvalue weighted by Gasteiger charge is -2.16. The van der Waals surface area contributed by atoms with Crippen molar-refractivity contribution in [2.75, 3.05) is 13.1 Å². The summed E-state index contributed by atoms with van der Waals surface area (Å²) in [6.07, 6.45) is 5.46. The van der Waals surface area contributed by atoms with E-state index in [1.165, 1.54) is 10.9 Å². The molecular formula is C22H24N4O2S. The number of hydrogen-bond donors (Lipinski definition) is 2. The van der Waals surface area contributed by atoms with E-state index in [4.69, 9.17) is 0 Å². The van der Waals surface area contributed by atoms with Crippen LogP contribution in [0.3, 0.4) is 0 Å². The maximum absolute atomic E-state index is 12.7. The second kappa shape index (κ2) is 8.32. The quantitative estimate of drug-likeness (QED) is 0.439. The summed E-state index contributed by atoms with van der Waals surface area (Å²) >= 11 is 0. The molecule has 0 saturated heterocycles. The third-order valence-corrected chi connectivity index (χ3v) is 6.53. The Balaban J connectivity index is 1.32. The highest BCUT2D eigenvalue weighted by Crippen LogP contribution is 2.18. The number of fused-ring (bicyclic) bond motifs is 2. The van der Waals surface area contributed by atoms with Gasteiger partial charge in [-0.15, -0.1) is 0 Å². The third-order valence-electron chi connectivity index (χ3n) is 4.94. The number of hydrogen-bond acceptors (Lipinski definition) is 4. The summed E-state index contributed by atoms with van der Waals surface area (Å²) in [7, 11) is -3.58. The molecule has 6 nitrogen and oxygen atoms in total. The molecule has 2 N–H and O–H groups in total. The Hall–Kier alpha value is -2.74. The van der Waals surface area contributed by atoms with Crippen molar-refractivity contribution in [3.8, 4) is 0 Å². The molecular weight excluding hydrogens is 384 g/mol. The van der Waals surface area contributed by atoms with Crippen LogP contribution < -0.4 is 10.0 Å². The van der Waals surface area contributed by atoms with Crippen LogP contribution >= 0.6 is 0 Å². The lowest BCUT2D eigenvalue weighted by molar-refractivity contribution is 0.525. The molecule has 0 fully saturated rings. The van der Waals surface area contributed by atoms with Crippen molar-refractivity contribution in [2.45, 2.75) is 24.4 Å². The van der Waals surface area contributed by atoms with E-state index < -0.39 is 10.0 Å². The van der Waals surface area contributed by atoms with Crippen LogP contribution in [-0.2, 0) is 16.6 Å². The van der Waals surface area contributed by atoms with Crippen molar-refractivity contribution >= 4 is 31.7 Å². The SMILES string of the molecule is CC(CNCCn1ccc2ccccc21)NS(=O)(=O)c1ccc2cnccc2c1. The number of nitrogens with one attached hydrogen (secondary N) is 2. The predicted octanol–water partition coefficient (Wildman–Crippen LogP) is 3.15. The van der Waals surface area contributed by atoms with Gasteiger partial charge in [-0.1, -0.05) is 24.3 Å². The summed E-state index contributed by atoms with van der Waals surface area (Å²) in [5.41, 5.74) is 1.20. The van der Waals surface area contributed by atoms with Gasteiger partial charge in [-0.3, -0.25) is 4.98 Å². The second-order valence-corrected chi connectivity index (χ2v) is 8.89. The Morgan fingerprint density at radius 2 is 1.90 bits per heavy atom. The number of nitrogens with zero attached hydrogens (tertiary/aromatic N) is 2. The molecule has 2 aromatic carbocycles. The first-order chi connectivity index (χ1) is 14.0. The maximum Gasteiger partial charge on any atom is 0.240 e. The monoisotopic (exact) mass is 408 g/mol. The maximum atomic E-state index is 12.7. The van der Waals surface area contributed by atoms with Crippen molar-refractivity contribution in [3.63, 3.8) is 0 Å². The van der Waals surface area contributed by atoms with E-state index in [9.17, 15) is 8.42 Å². The minimum atomic E-state index is -3.58. The fourth-order valence-corrected chi connectivity index (χ4v) is 4.74. The highest BCUT2D eigenvalue weighted by Gasteiger charge is 2.17. The van der Waals surface area contributed by atoms with E-state index in [1.54, 1.807) is 30.6 Å². The van der Waals surface area contributed by atoms with Crippen molar-refractivity contribution < 1.29 is 8.42 Å². The van der Waals surface area contributed by atoms with Crippen LogP contribution in [0.4, 0.5) is 0 Å². The van der Waals surface area contributed by atoms with E-state index >= 15 is 0 Å². The number of sulfonamides is 1. The molecule has 2 aromatic heterocycles. The van der Waals surface area contributed by atoms with Gasteiger partial charge in [0, 0.05) is 55.2 Å². The lowest BCUT2D eigenvalue weighted by Crippen LogP contribution is -2.40. The molecule has 0 aliphatic heterocycles. The third kappa shape index (κ3) is 4.48. The first kappa shape index (κ1) is 19.6. The van der Waals surface area contributed by atoms with Gasteiger partial charge >= 0.3 is 0 Å². The van der Waals surface area contributed by atoms with E-state index in [1.807, 2.05) is 25.1 Å². The molecule has 29 heavy (non-hydrogen) atoms. The summed E-state index contributed by atoms with van der Waals surface area (Å²) in [6.45, 7) is 4.00. The zero-order valence-corrected chi connectivity index (χ0v) is 17.1. The van der Waals surface area contributed by atoms with Gasteiger partial charge in [-0.05, 0) is 48.0 Å². The predicted molar refractivity (Wildman–Crippen MR) is 116 cm³/mol. The molecule has 0 saturated carbocycles. The van der Waals surface area contributed by atoms with Crippen LogP contribution in [-0.4, -0.2) is 37.1 Å². The fourth-order valence-electron chi connectivity index (χ4n) is 3.46. The van der Waals surface area contributed by atoms with Crippen LogP contribution in [0.25, 0.3) is 21.7 Å². The van der Waals surface area contributed by atoms with Gasteiger partial charge < -0.3 is 9.88 Å². The molecule has 0 spiro atoms. The highest BCUT2D eigenvalue weighted by atomic mass is 32.2. The van der Waals surface area contributed by atoms with E-state index in [0.29, 0.717) is 6.54 Å². The van der Waals surface area contributed by atoms with Crippen molar-refractivity contribution in [3.05, 3.63) is 73.2 Å². The molecule has 0 amide bonds. The molecule has 7 heteroatoms. The van der Waals surface area contributed by atoms with Gasteiger partial charge in [0.15, 0.2) is 0 Å². The minimum absolute atomic E-state index is 0.227. The second-order valence-electron chi connectivity index (χ2n) is 7.18. The number of pyridine rings is 1. The Morgan fingerprint density at radius 3 is 2.79 bits per heavy atom. The normalized spacial score (nSPS) is 13.1. The standard InChI is InChI=1S/C22H24N4O2S/c1-17(15-24-11-13-26-12-9-18-4-2-3-5-22(18)26)25-29(27,28)21-7-6-20-16-23-10-8-19(20)14-21/h2-10,12,14,16-17,24-25H,11,13,15H2,1H3. The first-order valence-electron chi connectivity index (χ1n) is 9.64. The molecule has 4 rings (SSSR count). The molecule has 0 radical (unpaired) electrons. The summed E-state index contributed by atoms with van der Waals surface area (Å²) in [4.78, 5) is 4.32. The smallest absolute Gasteiger partial charge is 0.240 e. The summed E-state index contributed by atoms with van der Waals surface area (Å²) in [5, 5.41) is 6.33. The van der Waals surface area contributed by atoms with Crippen LogP contribution in [0.2, 0.25) is 0 Å². The van der Waals surface area contributed by atoms with Crippen LogP contribution in [0.15, 0.2) is 78.1 Å². The Kier molecular flexibility index (Phi) is 5.62. The lowest BCUT2D eigenvalue weighted by atomic mass is 10.2. The van der Waals surface area contributed by atoms with Gasteiger partial charge in [0.2, 0.25) is 10.0 Å². The first-order valence-corrected chi connectivity index (χ1v) is 11.1.